The molecule has 0 unspecified atom stereocenters. The fourth-order valence-corrected chi connectivity index (χ4v) is 3.04. The van der Waals surface area contributed by atoms with Crippen molar-refractivity contribution in [1.29, 1.82) is 0 Å². The fourth-order valence-electron chi connectivity index (χ4n) is 2.59. The lowest BCUT2D eigenvalue weighted by Gasteiger charge is -2.08. The monoisotopic (exact) mass is 397 g/mol. The highest BCUT2D eigenvalue weighted by Gasteiger charge is 2.48. The maximum atomic E-state index is 12.6. The van der Waals surface area contributed by atoms with Crippen LogP contribution < -0.4 is 4.18 Å². The van der Waals surface area contributed by atoms with Crippen LogP contribution in [0.15, 0.2) is 71.0 Å². The fraction of sp³-hybridized carbons (Fsp3) is 0.0526. The standard InChI is InChI=1S/C19H11F3O4S/c20-19(21,22)27(23,24)26-13-9-10-15-16-8-4-7-14(12-5-2-1-3-6-12)18(16)25-17(15)11-13/h1-11H/i1D,2D,3D,5D,6D. The topological polar surface area (TPSA) is 56.5 Å². The Balaban J connectivity index is 1.94. The van der Waals surface area contributed by atoms with Gasteiger partial charge in [-0.15, -0.1) is 0 Å². The van der Waals surface area contributed by atoms with Crippen molar-refractivity contribution in [3.8, 4) is 16.9 Å². The van der Waals surface area contributed by atoms with Gasteiger partial charge in [-0.3, -0.25) is 0 Å². The highest BCUT2D eigenvalue weighted by atomic mass is 32.2. The van der Waals surface area contributed by atoms with E-state index in [2.05, 4.69) is 4.18 Å². The Morgan fingerprint density at radius 3 is 2.44 bits per heavy atom. The molecule has 0 saturated carbocycles. The van der Waals surface area contributed by atoms with Gasteiger partial charge >= 0.3 is 15.6 Å². The van der Waals surface area contributed by atoms with Crippen molar-refractivity contribution in [1.82, 2.24) is 0 Å². The van der Waals surface area contributed by atoms with Crippen LogP contribution in [0.5, 0.6) is 5.75 Å². The number of hydrogen-bond acceptors (Lipinski definition) is 4. The molecule has 8 heteroatoms. The second-order valence-electron chi connectivity index (χ2n) is 5.43. The number of benzene rings is 3. The predicted octanol–water partition coefficient (Wildman–Crippen LogP) is 5.48. The van der Waals surface area contributed by atoms with Crippen molar-refractivity contribution >= 4 is 32.1 Å². The zero-order valence-corrected chi connectivity index (χ0v) is 14.0. The van der Waals surface area contributed by atoms with Crippen LogP contribution in [0, 0.1) is 0 Å². The van der Waals surface area contributed by atoms with E-state index in [4.69, 9.17) is 11.3 Å². The molecule has 0 aliphatic heterocycles. The van der Waals surface area contributed by atoms with Crippen molar-refractivity contribution in [3.63, 3.8) is 0 Å². The van der Waals surface area contributed by atoms with Crippen LogP contribution in [-0.2, 0) is 10.1 Å². The average molecular weight is 397 g/mol. The average Bonchev–Trinajstić information content (AvgIpc) is 3.08. The summed E-state index contributed by atoms with van der Waals surface area (Å²) in [4.78, 5) is 0. The SMILES string of the molecule is [2H]c1c([2H])c([2H])c(-c2cccc3c2oc2cc(OS(=O)(=O)C(F)(F)F)ccc23)c([2H])c1[2H]. The molecular weight excluding hydrogens is 381 g/mol. The Bertz CT molecular complexity index is 1480. The molecule has 4 aromatic rings. The summed E-state index contributed by atoms with van der Waals surface area (Å²) in [7, 11) is -5.88. The maximum absolute atomic E-state index is 12.6. The number of furan rings is 1. The molecule has 0 saturated heterocycles. The van der Waals surface area contributed by atoms with Crippen LogP contribution in [0.1, 0.15) is 6.85 Å². The molecule has 0 aliphatic rings. The van der Waals surface area contributed by atoms with Crippen molar-refractivity contribution < 1.29 is 37.0 Å². The number of fused-ring (bicyclic) bond motifs is 3. The summed E-state index contributed by atoms with van der Waals surface area (Å²) in [5.74, 6) is -0.627. The highest BCUT2D eigenvalue weighted by molar-refractivity contribution is 7.88. The Morgan fingerprint density at radius 2 is 1.74 bits per heavy atom. The number of rotatable bonds is 3. The summed E-state index contributed by atoms with van der Waals surface area (Å²) >= 11 is 0. The molecule has 0 aliphatic carbocycles. The van der Waals surface area contributed by atoms with Crippen LogP contribution in [0.25, 0.3) is 33.1 Å². The summed E-state index contributed by atoms with van der Waals surface area (Å²) in [5, 5.41) is 0.834. The minimum absolute atomic E-state index is 0.0188. The molecule has 3 aromatic carbocycles. The van der Waals surface area contributed by atoms with E-state index in [-0.39, 0.29) is 22.3 Å². The molecule has 0 amide bonds. The third-order valence-corrected chi connectivity index (χ3v) is 4.71. The first kappa shape index (κ1) is 12.4. The lowest BCUT2D eigenvalue weighted by atomic mass is 10.0. The molecule has 0 atom stereocenters. The van der Waals surface area contributed by atoms with Gasteiger partial charge in [0.1, 0.15) is 16.9 Å². The van der Waals surface area contributed by atoms with E-state index in [0.717, 1.165) is 12.1 Å². The van der Waals surface area contributed by atoms with Crippen molar-refractivity contribution in [2.45, 2.75) is 5.51 Å². The first-order chi connectivity index (χ1) is 14.8. The molecule has 1 heterocycles. The highest BCUT2D eigenvalue weighted by Crippen LogP contribution is 2.37. The van der Waals surface area contributed by atoms with Gasteiger partial charge < -0.3 is 8.60 Å². The molecule has 0 fully saturated rings. The van der Waals surface area contributed by atoms with Crippen LogP contribution >= 0.6 is 0 Å². The summed E-state index contributed by atoms with van der Waals surface area (Å²) < 4.78 is 110. The van der Waals surface area contributed by atoms with Gasteiger partial charge in [-0.2, -0.15) is 21.6 Å². The third-order valence-electron chi connectivity index (χ3n) is 3.73. The number of para-hydroxylation sites is 1. The predicted molar refractivity (Wildman–Crippen MR) is 94.8 cm³/mol. The zero-order chi connectivity index (χ0) is 23.6. The lowest BCUT2D eigenvalue weighted by Crippen LogP contribution is -2.27. The molecule has 0 bridgehead atoms. The first-order valence-electron chi connectivity index (χ1n) is 9.87. The molecule has 4 rings (SSSR count). The first-order valence-corrected chi connectivity index (χ1v) is 8.77. The van der Waals surface area contributed by atoms with E-state index >= 15 is 0 Å². The second kappa shape index (κ2) is 6.02. The van der Waals surface area contributed by atoms with E-state index in [0.29, 0.717) is 10.8 Å². The maximum Gasteiger partial charge on any atom is 0.534 e. The summed E-state index contributed by atoms with van der Waals surface area (Å²) in [6.07, 6.45) is 0. The summed E-state index contributed by atoms with van der Waals surface area (Å²) in [6.45, 7) is 0. The molecule has 4 nitrogen and oxygen atoms in total. The van der Waals surface area contributed by atoms with E-state index in [1.54, 1.807) is 12.1 Å². The van der Waals surface area contributed by atoms with Gasteiger partial charge in [0.25, 0.3) is 0 Å². The molecule has 0 spiro atoms. The molecule has 0 radical (unpaired) electrons. The van der Waals surface area contributed by atoms with Crippen LogP contribution in [-0.4, -0.2) is 13.9 Å². The second-order valence-corrected chi connectivity index (χ2v) is 6.96. The summed E-state index contributed by atoms with van der Waals surface area (Å²) in [6, 6.07) is 5.38. The van der Waals surface area contributed by atoms with Gasteiger partial charge in [0, 0.05) is 22.4 Å². The zero-order valence-electron chi connectivity index (χ0n) is 18.1. The van der Waals surface area contributed by atoms with Crippen molar-refractivity contribution in [2.24, 2.45) is 0 Å². The van der Waals surface area contributed by atoms with Crippen molar-refractivity contribution in [3.05, 3.63) is 66.6 Å². The molecule has 1 aromatic heterocycles. The largest absolute Gasteiger partial charge is 0.534 e. The third kappa shape index (κ3) is 3.02. The van der Waals surface area contributed by atoms with E-state index in [9.17, 15) is 21.6 Å². The Kier molecular flexibility index (Phi) is 2.76. The quantitative estimate of drug-likeness (QED) is 0.339. The van der Waals surface area contributed by atoms with Crippen LogP contribution in [0.2, 0.25) is 0 Å². The van der Waals surface area contributed by atoms with Crippen molar-refractivity contribution in [2.75, 3.05) is 0 Å². The Hall–Kier alpha value is -3.00. The van der Waals surface area contributed by atoms with Crippen LogP contribution in [0.4, 0.5) is 13.2 Å². The van der Waals surface area contributed by atoms with E-state index < -0.39 is 51.6 Å². The number of halogens is 3. The normalized spacial score (nSPS) is 15.1. The number of hydrogen-bond donors (Lipinski definition) is 0. The minimum Gasteiger partial charge on any atom is -0.455 e. The smallest absolute Gasteiger partial charge is 0.455 e. The lowest BCUT2D eigenvalue weighted by molar-refractivity contribution is -0.0500. The minimum atomic E-state index is -5.88. The van der Waals surface area contributed by atoms with E-state index in [1.807, 2.05) is 0 Å². The molecule has 27 heavy (non-hydrogen) atoms. The van der Waals surface area contributed by atoms with Gasteiger partial charge in [-0.05, 0) is 17.7 Å². The molecule has 0 N–H and O–H groups in total. The molecular formula is C19H11F3O4S. The molecule has 138 valence electrons. The van der Waals surface area contributed by atoms with Gasteiger partial charge in [0.15, 0.2) is 0 Å². The van der Waals surface area contributed by atoms with E-state index in [1.165, 1.54) is 12.1 Å². The van der Waals surface area contributed by atoms with Gasteiger partial charge in [-0.1, -0.05) is 48.4 Å². The van der Waals surface area contributed by atoms with Gasteiger partial charge in [-0.25, -0.2) is 0 Å². The Labute approximate surface area is 158 Å². The summed E-state index contributed by atoms with van der Waals surface area (Å²) in [5.41, 5.74) is -5.46. The number of alkyl halides is 3. The Morgan fingerprint density at radius 1 is 1.00 bits per heavy atom. The van der Waals surface area contributed by atoms with Crippen LogP contribution in [0.3, 0.4) is 0 Å². The van der Waals surface area contributed by atoms with Gasteiger partial charge in [0.05, 0.1) is 6.85 Å². The van der Waals surface area contributed by atoms with Gasteiger partial charge in [0.2, 0.25) is 0 Å².